The molecular weight excluding hydrogens is 190 g/mol. The van der Waals surface area contributed by atoms with Crippen molar-refractivity contribution in [1.82, 2.24) is 5.32 Å². The lowest BCUT2D eigenvalue weighted by Crippen LogP contribution is -2.44. The molecule has 1 aliphatic carbocycles. The highest BCUT2D eigenvalue weighted by atomic mass is 16.2. The lowest BCUT2D eigenvalue weighted by Gasteiger charge is -2.34. The average Bonchev–Trinajstić information content (AvgIpc) is 2.11. The molecule has 0 heterocycles. The number of hydrogen-bond donors (Lipinski definition) is 1. The summed E-state index contributed by atoms with van der Waals surface area (Å²) in [5, 5.41) is 2.97. The van der Waals surface area contributed by atoms with Crippen molar-refractivity contribution in [2.24, 2.45) is 11.8 Å². The maximum atomic E-state index is 11.4. The summed E-state index contributed by atoms with van der Waals surface area (Å²) >= 11 is 0. The van der Waals surface area contributed by atoms with Gasteiger partial charge in [0.05, 0.1) is 6.42 Å². The third kappa shape index (κ3) is 3.65. The first-order valence-corrected chi connectivity index (χ1v) is 5.79. The number of rotatable bonds is 3. The summed E-state index contributed by atoms with van der Waals surface area (Å²) in [6, 6.07) is 0.264. The normalized spacial score (nSPS) is 31.0. The van der Waals surface area contributed by atoms with E-state index in [1.165, 1.54) is 19.8 Å². The van der Waals surface area contributed by atoms with E-state index < -0.39 is 0 Å². The molecule has 1 rings (SSSR count). The Morgan fingerprint density at radius 2 is 1.93 bits per heavy atom. The molecule has 0 aromatic carbocycles. The van der Waals surface area contributed by atoms with Crippen molar-refractivity contribution in [2.75, 3.05) is 0 Å². The maximum absolute atomic E-state index is 11.4. The van der Waals surface area contributed by atoms with Crippen LogP contribution in [-0.2, 0) is 9.59 Å². The first-order chi connectivity index (χ1) is 7.00. The summed E-state index contributed by atoms with van der Waals surface area (Å²) in [4.78, 5) is 22.2. The van der Waals surface area contributed by atoms with Crippen molar-refractivity contribution in [3.63, 3.8) is 0 Å². The van der Waals surface area contributed by atoms with Gasteiger partial charge in [-0.05, 0) is 25.2 Å². The molecule has 1 saturated carbocycles. The molecule has 0 aromatic heterocycles. The van der Waals surface area contributed by atoms with E-state index in [1.54, 1.807) is 0 Å². The predicted molar refractivity (Wildman–Crippen MR) is 59.4 cm³/mol. The molecule has 0 aliphatic heterocycles. The zero-order valence-electron chi connectivity index (χ0n) is 9.88. The molecule has 0 spiro atoms. The highest BCUT2D eigenvalue weighted by Gasteiger charge is 2.28. The van der Waals surface area contributed by atoms with Gasteiger partial charge in [-0.25, -0.2) is 0 Å². The molecule has 1 N–H and O–H groups in total. The molecule has 15 heavy (non-hydrogen) atoms. The van der Waals surface area contributed by atoms with Crippen LogP contribution in [0.1, 0.15) is 46.5 Å². The molecule has 0 radical (unpaired) electrons. The van der Waals surface area contributed by atoms with Crippen molar-refractivity contribution in [3.05, 3.63) is 0 Å². The lowest BCUT2D eigenvalue weighted by molar-refractivity contribution is -0.128. The van der Waals surface area contributed by atoms with E-state index in [0.717, 1.165) is 6.42 Å². The Labute approximate surface area is 91.6 Å². The van der Waals surface area contributed by atoms with Gasteiger partial charge in [0.2, 0.25) is 5.91 Å². The molecule has 0 saturated heterocycles. The Balaban J connectivity index is 2.43. The van der Waals surface area contributed by atoms with Crippen LogP contribution < -0.4 is 5.32 Å². The largest absolute Gasteiger partial charge is 0.353 e. The predicted octanol–water partition coefficient (Wildman–Crippen LogP) is 1.91. The monoisotopic (exact) mass is 211 g/mol. The van der Waals surface area contributed by atoms with Gasteiger partial charge in [0, 0.05) is 6.04 Å². The number of ketones is 1. The molecule has 1 aliphatic rings. The van der Waals surface area contributed by atoms with Crippen molar-refractivity contribution in [1.29, 1.82) is 0 Å². The molecular formula is C12H21NO2. The van der Waals surface area contributed by atoms with Gasteiger partial charge in [-0.15, -0.1) is 0 Å². The highest BCUT2D eigenvalue weighted by Crippen LogP contribution is 2.29. The molecule has 3 atom stereocenters. The fraction of sp³-hybridized carbons (Fsp3) is 0.833. The van der Waals surface area contributed by atoms with Crippen LogP contribution >= 0.6 is 0 Å². The Hall–Kier alpha value is -0.860. The van der Waals surface area contributed by atoms with Crippen LogP contribution in [0.25, 0.3) is 0 Å². The Morgan fingerprint density at radius 1 is 1.27 bits per heavy atom. The molecule has 0 bridgehead atoms. The number of amides is 1. The lowest BCUT2D eigenvalue weighted by atomic mass is 9.78. The third-order valence-corrected chi connectivity index (χ3v) is 3.46. The van der Waals surface area contributed by atoms with E-state index in [9.17, 15) is 9.59 Å². The maximum Gasteiger partial charge on any atom is 0.227 e. The zero-order chi connectivity index (χ0) is 11.4. The summed E-state index contributed by atoms with van der Waals surface area (Å²) in [5.74, 6) is 1.01. The minimum absolute atomic E-state index is 0.0254. The molecule has 0 unspecified atom stereocenters. The fourth-order valence-corrected chi connectivity index (χ4v) is 2.27. The van der Waals surface area contributed by atoms with Gasteiger partial charge in [-0.2, -0.15) is 0 Å². The van der Waals surface area contributed by atoms with Gasteiger partial charge < -0.3 is 5.32 Å². The summed E-state index contributed by atoms with van der Waals surface area (Å²) in [6.45, 7) is 5.86. The minimum Gasteiger partial charge on any atom is -0.353 e. The van der Waals surface area contributed by atoms with Gasteiger partial charge in [0.15, 0.2) is 0 Å². The summed E-state index contributed by atoms with van der Waals surface area (Å²) in [5.41, 5.74) is 0. The van der Waals surface area contributed by atoms with E-state index >= 15 is 0 Å². The first-order valence-electron chi connectivity index (χ1n) is 5.79. The Morgan fingerprint density at radius 3 is 2.53 bits per heavy atom. The smallest absolute Gasteiger partial charge is 0.227 e. The number of carbonyl (C=O) groups is 2. The summed E-state index contributed by atoms with van der Waals surface area (Å²) in [7, 11) is 0. The second-order valence-electron chi connectivity index (χ2n) is 4.82. The highest BCUT2D eigenvalue weighted by molar-refractivity contribution is 5.96. The fourth-order valence-electron chi connectivity index (χ4n) is 2.27. The number of hydrogen-bond acceptors (Lipinski definition) is 2. The van der Waals surface area contributed by atoms with Crippen molar-refractivity contribution in [3.8, 4) is 0 Å². The molecule has 1 fully saturated rings. The van der Waals surface area contributed by atoms with E-state index in [1.807, 2.05) is 0 Å². The minimum atomic E-state index is -0.117. The molecule has 3 heteroatoms. The topological polar surface area (TPSA) is 46.2 Å². The first kappa shape index (κ1) is 12.2. The van der Waals surface area contributed by atoms with Crippen LogP contribution in [0, 0.1) is 11.8 Å². The summed E-state index contributed by atoms with van der Waals surface area (Å²) < 4.78 is 0. The van der Waals surface area contributed by atoms with Crippen molar-refractivity contribution < 1.29 is 9.59 Å². The number of carbonyl (C=O) groups excluding carboxylic acids is 2. The quantitative estimate of drug-likeness (QED) is 0.725. The number of Topliss-reactive ketones (excluding diaryl/α,β-unsaturated/α-hetero) is 1. The zero-order valence-corrected chi connectivity index (χ0v) is 9.88. The summed E-state index contributed by atoms with van der Waals surface area (Å²) in [6.07, 6.45) is 3.50. The van der Waals surface area contributed by atoms with Crippen molar-refractivity contribution in [2.45, 2.75) is 52.5 Å². The van der Waals surface area contributed by atoms with Gasteiger partial charge in [0.25, 0.3) is 0 Å². The molecule has 1 amide bonds. The SMILES string of the molecule is CC(=O)CC(=O)N[C@@H]1CCC[C@@H](C)[C@@H]1C. The third-order valence-electron chi connectivity index (χ3n) is 3.46. The van der Waals surface area contributed by atoms with Gasteiger partial charge in [-0.3, -0.25) is 9.59 Å². The Bertz CT molecular complexity index is 250. The molecule has 3 nitrogen and oxygen atoms in total. The van der Waals surface area contributed by atoms with E-state index in [0.29, 0.717) is 11.8 Å². The second kappa shape index (κ2) is 5.29. The van der Waals surface area contributed by atoms with Crippen LogP contribution in [0.15, 0.2) is 0 Å². The van der Waals surface area contributed by atoms with Gasteiger partial charge >= 0.3 is 0 Å². The standard InChI is InChI=1S/C12H21NO2/c1-8-5-4-6-11(10(8)3)13-12(15)7-9(2)14/h8,10-11H,4-7H2,1-3H3,(H,13,15)/t8-,10+,11-/m1/s1. The van der Waals surface area contributed by atoms with E-state index in [-0.39, 0.29) is 24.2 Å². The van der Waals surface area contributed by atoms with Crippen LogP contribution in [0.3, 0.4) is 0 Å². The van der Waals surface area contributed by atoms with Gasteiger partial charge in [-0.1, -0.05) is 26.7 Å². The van der Waals surface area contributed by atoms with Crippen LogP contribution in [0.4, 0.5) is 0 Å². The molecule has 86 valence electrons. The van der Waals surface area contributed by atoms with Gasteiger partial charge in [0.1, 0.15) is 5.78 Å². The Kier molecular flexibility index (Phi) is 4.30. The second-order valence-corrected chi connectivity index (χ2v) is 4.82. The van der Waals surface area contributed by atoms with Crippen LogP contribution in [-0.4, -0.2) is 17.7 Å². The van der Waals surface area contributed by atoms with E-state index in [4.69, 9.17) is 0 Å². The molecule has 0 aromatic rings. The number of nitrogens with one attached hydrogen (secondary N) is 1. The van der Waals surface area contributed by atoms with E-state index in [2.05, 4.69) is 19.2 Å². The average molecular weight is 211 g/mol. The van der Waals surface area contributed by atoms with Crippen LogP contribution in [0.5, 0.6) is 0 Å². The van der Waals surface area contributed by atoms with Crippen LogP contribution in [0.2, 0.25) is 0 Å². The van der Waals surface area contributed by atoms with Crippen molar-refractivity contribution >= 4 is 11.7 Å².